The molecule has 1 N–H and O–H groups in total. The van der Waals surface area contributed by atoms with Crippen LogP contribution in [0.5, 0.6) is 0 Å². The number of amides is 1. The van der Waals surface area contributed by atoms with Gasteiger partial charge >= 0.3 is 0 Å². The first-order valence-electron chi connectivity index (χ1n) is 6.16. The number of hydrogen-bond acceptors (Lipinski definition) is 2. The van der Waals surface area contributed by atoms with Crippen molar-refractivity contribution in [3.8, 4) is 0 Å². The zero-order valence-corrected chi connectivity index (χ0v) is 11.2. The fourth-order valence-corrected chi connectivity index (χ4v) is 2.34. The summed E-state index contributed by atoms with van der Waals surface area (Å²) in [6, 6.07) is 9.93. The number of halogens is 1. The molecule has 0 bridgehead atoms. The van der Waals surface area contributed by atoms with Gasteiger partial charge in [-0.3, -0.25) is 4.79 Å². The molecule has 0 saturated heterocycles. The van der Waals surface area contributed by atoms with E-state index in [1.165, 1.54) is 0 Å². The third kappa shape index (κ3) is 2.85. The molecule has 1 aromatic rings. The number of methoxy groups -OCH3 is 1. The van der Waals surface area contributed by atoms with Crippen molar-refractivity contribution in [1.82, 2.24) is 5.32 Å². The molecule has 0 heterocycles. The van der Waals surface area contributed by atoms with Crippen molar-refractivity contribution in [2.75, 3.05) is 20.3 Å². The van der Waals surface area contributed by atoms with E-state index in [2.05, 4.69) is 5.32 Å². The van der Waals surface area contributed by atoms with Crippen molar-refractivity contribution in [2.24, 2.45) is 0 Å². The summed E-state index contributed by atoms with van der Waals surface area (Å²) in [4.78, 5) is 12.2. The van der Waals surface area contributed by atoms with Crippen molar-refractivity contribution in [1.29, 1.82) is 0 Å². The van der Waals surface area contributed by atoms with Crippen LogP contribution in [-0.2, 0) is 14.9 Å². The predicted octanol–water partition coefficient (Wildman–Crippen LogP) is 2.09. The van der Waals surface area contributed by atoms with Crippen molar-refractivity contribution >= 4 is 17.5 Å². The maximum atomic E-state index is 12.2. The van der Waals surface area contributed by atoms with Crippen LogP contribution in [-0.4, -0.2) is 31.5 Å². The van der Waals surface area contributed by atoms with E-state index in [1.54, 1.807) is 7.11 Å². The van der Waals surface area contributed by atoms with E-state index in [0.717, 1.165) is 18.4 Å². The minimum Gasteiger partial charge on any atom is -0.383 e. The minimum atomic E-state index is -0.315. The number of ether oxygens (including phenoxy) is 1. The van der Waals surface area contributed by atoms with Crippen LogP contribution >= 0.6 is 11.6 Å². The predicted molar refractivity (Wildman–Crippen MR) is 71.9 cm³/mol. The fraction of sp³-hybridized carbons (Fsp3) is 0.500. The van der Waals surface area contributed by atoms with Gasteiger partial charge in [0.1, 0.15) is 0 Å². The summed E-state index contributed by atoms with van der Waals surface area (Å²) in [5, 5.41) is 2.74. The highest BCUT2D eigenvalue weighted by molar-refractivity contribution is 6.21. The molecule has 1 aliphatic carbocycles. The van der Waals surface area contributed by atoms with E-state index < -0.39 is 0 Å². The minimum absolute atomic E-state index is 0.0791. The number of carbonyl (C=O) groups is 1. The second kappa shape index (κ2) is 5.72. The molecular formula is C14H18ClNO2. The number of hydrogen-bond donors (Lipinski definition) is 1. The second-order valence-corrected chi connectivity index (χ2v) is 5.33. The van der Waals surface area contributed by atoms with Crippen LogP contribution in [0.4, 0.5) is 0 Å². The van der Waals surface area contributed by atoms with Crippen molar-refractivity contribution in [3.05, 3.63) is 35.9 Å². The molecule has 0 aromatic heterocycles. The van der Waals surface area contributed by atoms with Gasteiger partial charge in [0.15, 0.2) is 0 Å². The van der Waals surface area contributed by atoms with Crippen LogP contribution < -0.4 is 5.32 Å². The van der Waals surface area contributed by atoms with Crippen molar-refractivity contribution in [3.63, 3.8) is 0 Å². The maximum Gasteiger partial charge on any atom is 0.230 e. The lowest BCUT2D eigenvalue weighted by atomic mass is 9.95. The summed E-state index contributed by atoms with van der Waals surface area (Å²) in [5.41, 5.74) is 0.783. The molecule has 1 fully saturated rings. The van der Waals surface area contributed by atoms with Gasteiger partial charge in [-0.1, -0.05) is 30.3 Å². The standard InChI is InChI=1S/C14H18ClNO2/c1-18-10-12(15)9-16-13(17)14(7-8-14)11-5-3-2-4-6-11/h2-6,12H,7-10H2,1H3,(H,16,17). The molecule has 98 valence electrons. The molecule has 3 nitrogen and oxygen atoms in total. The average Bonchev–Trinajstić information content (AvgIpc) is 3.19. The van der Waals surface area contributed by atoms with E-state index in [9.17, 15) is 4.79 Å². The van der Waals surface area contributed by atoms with Crippen LogP contribution in [0.1, 0.15) is 18.4 Å². The van der Waals surface area contributed by atoms with E-state index in [4.69, 9.17) is 16.3 Å². The second-order valence-electron chi connectivity index (χ2n) is 4.71. The van der Waals surface area contributed by atoms with Gasteiger partial charge < -0.3 is 10.1 Å². The summed E-state index contributed by atoms with van der Waals surface area (Å²) in [6.07, 6.45) is 1.83. The maximum absolute atomic E-state index is 12.2. The third-order valence-electron chi connectivity index (χ3n) is 3.34. The Balaban J connectivity index is 1.93. The lowest BCUT2D eigenvalue weighted by Crippen LogP contribution is -2.38. The van der Waals surface area contributed by atoms with Gasteiger partial charge in [0, 0.05) is 13.7 Å². The summed E-state index contributed by atoms with van der Waals surface area (Å²) < 4.78 is 4.94. The lowest BCUT2D eigenvalue weighted by Gasteiger charge is -2.17. The van der Waals surface area contributed by atoms with Gasteiger partial charge in [-0.15, -0.1) is 11.6 Å². The fourth-order valence-electron chi connectivity index (χ4n) is 2.14. The molecule has 4 heteroatoms. The van der Waals surface area contributed by atoms with Crippen LogP contribution in [0.2, 0.25) is 0 Å². The number of benzene rings is 1. The first kappa shape index (κ1) is 13.4. The van der Waals surface area contributed by atoms with E-state index in [1.807, 2.05) is 30.3 Å². The van der Waals surface area contributed by atoms with Crippen LogP contribution in [0.25, 0.3) is 0 Å². The number of alkyl halides is 1. The van der Waals surface area contributed by atoms with Crippen LogP contribution in [0.15, 0.2) is 30.3 Å². The molecule has 1 unspecified atom stereocenters. The van der Waals surface area contributed by atoms with Crippen LogP contribution in [0, 0.1) is 0 Å². The van der Waals surface area contributed by atoms with Crippen molar-refractivity contribution in [2.45, 2.75) is 23.6 Å². The highest BCUT2D eigenvalue weighted by atomic mass is 35.5. The molecule has 1 aliphatic rings. The Kier molecular flexibility index (Phi) is 4.25. The normalized spacial score (nSPS) is 18.1. The Labute approximate surface area is 112 Å². The smallest absolute Gasteiger partial charge is 0.230 e. The molecule has 1 amide bonds. The quantitative estimate of drug-likeness (QED) is 0.802. The SMILES string of the molecule is COCC(Cl)CNC(=O)C1(c2ccccc2)CC1. The van der Waals surface area contributed by atoms with Gasteiger partial charge in [-0.2, -0.15) is 0 Å². The first-order valence-corrected chi connectivity index (χ1v) is 6.59. The summed E-state index contributed by atoms with van der Waals surface area (Å²) in [5.74, 6) is 0.0791. The molecule has 1 aromatic carbocycles. The summed E-state index contributed by atoms with van der Waals surface area (Å²) in [7, 11) is 1.60. The molecular weight excluding hydrogens is 250 g/mol. The largest absolute Gasteiger partial charge is 0.383 e. The Hall–Kier alpha value is -1.06. The summed E-state index contributed by atoms with van der Waals surface area (Å²) >= 11 is 6.00. The zero-order valence-electron chi connectivity index (χ0n) is 10.5. The Morgan fingerprint density at radius 2 is 2.11 bits per heavy atom. The molecule has 1 saturated carbocycles. The molecule has 0 spiro atoms. The molecule has 0 aliphatic heterocycles. The average molecular weight is 268 g/mol. The lowest BCUT2D eigenvalue weighted by molar-refractivity contribution is -0.123. The highest BCUT2D eigenvalue weighted by Crippen LogP contribution is 2.48. The highest BCUT2D eigenvalue weighted by Gasteiger charge is 2.50. The van der Waals surface area contributed by atoms with E-state index in [0.29, 0.717) is 13.2 Å². The monoisotopic (exact) mass is 267 g/mol. The third-order valence-corrected chi connectivity index (χ3v) is 3.62. The first-order chi connectivity index (χ1) is 8.69. The Bertz CT molecular complexity index is 404. The van der Waals surface area contributed by atoms with Gasteiger partial charge in [-0.05, 0) is 18.4 Å². The number of nitrogens with one attached hydrogen (secondary N) is 1. The van der Waals surface area contributed by atoms with E-state index in [-0.39, 0.29) is 16.7 Å². The van der Waals surface area contributed by atoms with Crippen molar-refractivity contribution < 1.29 is 9.53 Å². The number of rotatable bonds is 6. The number of carbonyl (C=O) groups excluding carboxylic acids is 1. The zero-order chi connectivity index (χ0) is 13.0. The molecule has 0 radical (unpaired) electrons. The van der Waals surface area contributed by atoms with Gasteiger partial charge in [0.25, 0.3) is 0 Å². The topological polar surface area (TPSA) is 38.3 Å². The van der Waals surface area contributed by atoms with Gasteiger partial charge in [0.2, 0.25) is 5.91 Å². The molecule has 2 rings (SSSR count). The van der Waals surface area contributed by atoms with Gasteiger partial charge in [0.05, 0.1) is 17.4 Å². The van der Waals surface area contributed by atoms with Gasteiger partial charge in [-0.25, -0.2) is 0 Å². The molecule has 1 atom stereocenters. The Morgan fingerprint density at radius 3 is 2.67 bits per heavy atom. The summed E-state index contributed by atoms with van der Waals surface area (Å²) in [6.45, 7) is 0.892. The molecule has 18 heavy (non-hydrogen) atoms. The Morgan fingerprint density at radius 1 is 1.44 bits per heavy atom. The van der Waals surface area contributed by atoms with E-state index >= 15 is 0 Å². The van der Waals surface area contributed by atoms with Crippen LogP contribution in [0.3, 0.4) is 0 Å².